The number of amides is 2. The summed E-state index contributed by atoms with van der Waals surface area (Å²) in [5.74, 6) is 2.46. The van der Waals surface area contributed by atoms with Gasteiger partial charge in [0.2, 0.25) is 0 Å². The normalized spacial score (nSPS) is 17.9. The molecular formula is C14H20N2O3S. The number of carbonyl (C=O) groups excluding carboxylic acids is 1. The van der Waals surface area contributed by atoms with Crippen molar-refractivity contribution >= 4 is 17.8 Å². The van der Waals surface area contributed by atoms with Gasteiger partial charge < -0.3 is 19.7 Å². The predicted molar refractivity (Wildman–Crippen MR) is 80.5 cm³/mol. The van der Waals surface area contributed by atoms with Crippen molar-refractivity contribution in [3.05, 3.63) is 23.8 Å². The van der Waals surface area contributed by atoms with Crippen LogP contribution in [0.2, 0.25) is 0 Å². The molecule has 1 N–H and O–H groups in total. The molecule has 1 aliphatic rings. The quantitative estimate of drug-likeness (QED) is 0.927. The number of rotatable bonds is 4. The van der Waals surface area contributed by atoms with Gasteiger partial charge in [-0.1, -0.05) is 0 Å². The summed E-state index contributed by atoms with van der Waals surface area (Å²) < 4.78 is 10.7. The summed E-state index contributed by atoms with van der Waals surface area (Å²) in [7, 11) is 3.27. The molecule has 1 aromatic rings. The van der Waals surface area contributed by atoms with Gasteiger partial charge in [-0.3, -0.25) is 0 Å². The Morgan fingerprint density at radius 2 is 2.25 bits per heavy atom. The van der Waals surface area contributed by atoms with Gasteiger partial charge >= 0.3 is 6.03 Å². The minimum absolute atomic E-state index is 0.0348. The molecule has 1 heterocycles. The van der Waals surface area contributed by atoms with E-state index in [9.17, 15) is 4.79 Å². The first-order valence-corrected chi connectivity index (χ1v) is 7.64. The molecule has 5 nitrogen and oxygen atoms in total. The molecule has 0 aromatic heterocycles. The van der Waals surface area contributed by atoms with Crippen LogP contribution in [0.3, 0.4) is 0 Å². The van der Waals surface area contributed by atoms with Crippen molar-refractivity contribution in [2.24, 2.45) is 0 Å². The maximum absolute atomic E-state index is 12.1. The predicted octanol–water partition coefficient (Wildman–Crippen LogP) is 2.48. The Bertz CT molecular complexity index is 481. The molecule has 0 radical (unpaired) electrons. The molecule has 1 fully saturated rings. The van der Waals surface area contributed by atoms with Gasteiger partial charge in [-0.2, -0.15) is 0 Å². The maximum Gasteiger partial charge on any atom is 0.318 e. The third-order valence-electron chi connectivity index (χ3n) is 3.18. The van der Waals surface area contributed by atoms with E-state index in [1.807, 2.05) is 30.0 Å². The second-order valence-electron chi connectivity index (χ2n) is 4.36. The summed E-state index contributed by atoms with van der Waals surface area (Å²) in [6.07, 6.45) is 0. The zero-order valence-corrected chi connectivity index (χ0v) is 12.8. The number of urea groups is 1. The fraction of sp³-hybridized carbons (Fsp3) is 0.500. The van der Waals surface area contributed by atoms with Gasteiger partial charge in [0.05, 0.1) is 14.2 Å². The number of benzene rings is 1. The minimum atomic E-state index is -0.0356. The molecular weight excluding hydrogens is 276 g/mol. The molecule has 1 unspecified atom stereocenters. The summed E-state index contributed by atoms with van der Waals surface area (Å²) in [6, 6.07) is 5.64. The van der Waals surface area contributed by atoms with Crippen LogP contribution in [0.4, 0.5) is 4.79 Å². The highest BCUT2D eigenvalue weighted by atomic mass is 32.2. The van der Waals surface area contributed by atoms with Crippen molar-refractivity contribution in [3.63, 3.8) is 0 Å². The molecule has 20 heavy (non-hydrogen) atoms. The van der Waals surface area contributed by atoms with Crippen molar-refractivity contribution in [2.75, 3.05) is 33.1 Å². The van der Waals surface area contributed by atoms with E-state index >= 15 is 0 Å². The van der Waals surface area contributed by atoms with Crippen LogP contribution in [0.5, 0.6) is 11.5 Å². The zero-order chi connectivity index (χ0) is 14.5. The largest absolute Gasteiger partial charge is 0.497 e. The van der Waals surface area contributed by atoms with Gasteiger partial charge in [0.1, 0.15) is 16.9 Å². The van der Waals surface area contributed by atoms with Crippen molar-refractivity contribution in [3.8, 4) is 11.5 Å². The molecule has 0 aliphatic carbocycles. The zero-order valence-electron chi connectivity index (χ0n) is 12.0. The first-order chi connectivity index (χ1) is 9.71. The lowest BCUT2D eigenvalue weighted by Gasteiger charge is -2.25. The van der Waals surface area contributed by atoms with Crippen LogP contribution in [0.15, 0.2) is 18.2 Å². The molecule has 2 rings (SSSR count). The van der Waals surface area contributed by atoms with Crippen LogP contribution in [-0.4, -0.2) is 44.0 Å². The van der Waals surface area contributed by atoms with Gasteiger partial charge in [0, 0.05) is 24.4 Å². The minimum Gasteiger partial charge on any atom is -0.497 e. The first-order valence-electron chi connectivity index (χ1n) is 6.59. The molecule has 6 heteroatoms. The van der Waals surface area contributed by atoms with Crippen molar-refractivity contribution in [1.29, 1.82) is 0 Å². The molecule has 2 amide bonds. The Balaban J connectivity index is 2.31. The molecule has 1 saturated heterocycles. The second-order valence-corrected chi connectivity index (χ2v) is 5.55. The molecule has 0 saturated carbocycles. The average molecular weight is 296 g/mol. The van der Waals surface area contributed by atoms with Crippen LogP contribution >= 0.6 is 11.8 Å². The topological polar surface area (TPSA) is 50.8 Å². The highest BCUT2D eigenvalue weighted by Crippen LogP contribution is 2.43. The lowest BCUT2D eigenvalue weighted by Crippen LogP contribution is -2.39. The molecule has 1 atom stereocenters. The smallest absolute Gasteiger partial charge is 0.318 e. The fourth-order valence-corrected chi connectivity index (χ4v) is 3.49. The Labute approximate surface area is 123 Å². The Morgan fingerprint density at radius 1 is 1.45 bits per heavy atom. The molecule has 0 spiro atoms. The van der Waals surface area contributed by atoms with Crippen molar-refractivity contribution < 1.29 is 14.3 Å². The van der Waals surface area contributed by atoms with E-state index in [2.05, 4.69) is 5.32 Å². The number of nitrogens with zero attached hydrogens (tertiary/aromatic N) is 1. The fourth-order valence-electron chi connectivity index (χ4n) is 2.22. The molecule has 1 aromatic carbocycles. The number of hydrogen-bond donors (Lipinski definition) is 1. The van der Waals surface area contributed by atoms with Gasteiger partial charge in [0.15, 0.2) is 0 Å². The highest BCUT2D eigenvalue weighted by Gasteiger charge is 2.32. The molecule has 0 bridgehead atoms. The van der Waals surface area contributed by atoms with Gasteiger partial charge in [-0.25, -0.2) is 4.79 Å². The number of hydrogen-bond acceptors (Lipinski definition) is 4. The first kappa shape index (κ1) is 14.8. The number of ether oxygens (including phenoxy) is 2. The van der Waals surface area contributed by atoms with Crippen LogP contribution in [0.25, 0.3) is 0 Å². The van der Waals surface area contributed by atoms with Crippen LogP contribution in [0.1, 0.15) is 17.9 Å². The molecule has 1 aliphatic heterocycles. The Hall–Kier alpha value is -1.56. The van der Waals surface area contributed by atoms with Crippen LogP contribution in [0, 0.1) is 0 Å². The van der Waals surface area contributed by atoms with Crippen molar-refractivity contribution in [2.45, 2.75) is 12.3 Å². The lowest BCUT2D eigenvalue weighted by molar-refractivity contribution is 0.200. The van der Waals surface area contributed by atoms with Gasteiger partial charge in [-0.05, 0) is 25.1 Å². The summed E-state index contributed by atoms with van der Waals surface area (Å²) in [4.78, 5) is 14.0. The summed E-state index contributed by atoms with van der Waals surface area (Å²) in [5, 5.41) is 2.82. The van der Waals surface area contributed by atoms with E-state index in [-0.39, 0.29) is 11.4 Å². The maximum atomic E-state index is 12.1. The third kappa shape index (κ3) is 2.95. The van der Waals surface area contributed by atoms with Crippen LogP contribution in [-0.2, 0) is 0 Å². The SMILES string of the molecule is CCNC(=O)N1CCSC1c1cc(OC)ccc1OC. The number of thioether (sulfide) groups is 1. The molecule has 110 valence electrons. The Morgan fingerprint density at radius 3 is 2.90 bits per heavy atom. The van der Waals surface area contributed by atoms with Gasteiger partial charge in [0.25, 0.3) is 0 Å². The summed E-state index contributed by atoms with van der Waals surface area (Å²) in [6.45, 7) is 3.28. The second kappa shape index (κ2) is 6.74. The summed E-state index contributed by atoms with van der Waals surface area (Å²) in [5.41, 5.74) is 0.973. The van der Waals surface area contributed by atoms with E-state index in [4.69, 9.17) is 9.47 Å². The number of carbonyl (C=O) groups is 1. The monoisotopic (exact) mass is 296 g/mol. The standard InChI is InChI=1S/C14H20N2O3S/c1-4-15-14(17)16-7-8-20-13(16)11-9-10(18-2)5-6-12(11)19-3/h5-6,9,13H,4,7-8H2,1-3H3,(H,15,17). The van der Waals surface area contributed by atoms with Crippen LogP contribution < -0.4 is 14.8 Å². The number of nitrogens with one attached hydrogen (secondary N) is 1. The van der Waals surface area contributed by atoms with E-state index in [0.717, 1.165) is 29.4 Å². The highest BCUT2D eigenvalue weighted by molar-refractivity contribution is 7.99. The lowest BCUT2D eigenvalue weighted by atomic mass is 10.1. The van der Waals surface area contributed by atoms with E-state index in [1.54, 1.807) is 26.0 Å². The van der Waals surface area contributed by atoms with E-state index < -0.39 is 0 Å². The summed E-state index contributed by atoms with van der Waals surface area (Å²) >= 11 is 1.74. The number of methoxy groups -OCH3 is 2. The van der Waals surface area contributed by atoms with Gasteiger partial charge in [-0.15, -0.1) is 11.8 Å². The average Bonchev–Trinajstić information content (AvgIpc) is 2.96. The Kier molecular flexibility index (Phi) is 5.00. The van der Waals surface area contributed by atoms with E-state index in [1.165, 1.54) is 0 Å². The third-order valence-corrected chi connectivity index (χ3v) is 4.43. The van der Waals surface area contributed by atoms with Crippen molar-refractivity contribution in [1.82, 2.24) is 10.2 Å². The van der Waals surface area contributed by atoms with E-state index in [0.29, 0.717) is 6.54 Å².